The van der Waals surface area contributed by atoms with Crippen LogP contribution < -0.4 is 10.5 Å². The molecule has 0 saturated carbocycles. The van der Waals surface area contributed by atoms with Crippen LogP contribution in [0.1, 0.15) is 5.56 Å². The zero-order valence-corrected chi connectivity index (χ0v) is 11.0. The molecule has 94 valence electrons. The largest absolute Gasteiger partial charge is 0.495 e. The number of benzene rings is 1. The van der Waals surface area contributed by atoms with Gasteiger partial charge < -0.3 is 15.4 Å². The predicted octanol–water partition coefficient (Wildman–Crippen LogP) is 1.31. The van der Waals surface area contributed by atoms with E-state index in [-0.39, 0.29) is 5.91 Å². The van der Waals surface area contributed by atoms with Gasteiger partial charge in [-0.05, 0) is 24.1 Å². The van der Waals surface area contributed by atoms with Crippen LogP contribution in [0.15, 0.2) is 18.2 Å². The monoisotopic (exact) mass is 256 g/mol. The van der Waals surface area contributed by atoms with E-state index < -0.39 is 6.04 Å². The van der Waals surface area contributed by atoms with Crippen LogP contribution in [0.3, 0.4) is 0 Å². The SMILES string of the molecule is COc1ccc(CC(N)C(=O)N(C)C)cc1Cl. The highest BCUT2D eigenvalue weighted by atomic mass is 35.5. The third-order valence-electron chi connectivity index (χ3n) is 2.43. The van der Waals surface area contributed by atoms with E-state index in [0.717, 1.165) is 5.56 Å². The van der Waals surface area contributed by atoms with Crippen molar-refractivity contribution >= 4 is 17.5 Å². The maximum atomic E-state index is 11.6. The first kappa shape index (κ1) is 13.8. The van der Waals surface area contributed by atoms with E-state index in [1.54, 1.807) is 33.3 Å². The van der Waals surface area contributed by atoms with E-state index >= 15 is 0 Å². The summed E-state index contributed by atoms with van der Waals surface area (Å²) in [4.78, 5) is 13.1. The molecular weight excluding hydrogens is 240 g/mol. The Balaban J connectivity index is 2.75. The van der Waals surface area contributed by atoms with Crippen LogP contribution in [-0.2, 0) is 11.2 Å². The number of hydrogen-bond acceptors (Lipinski definition) is 3. The van der Waals surface area contributed by atoms with Gasteiger partial charge >= 0.3 is 0 Å². The molecule has 2 N–H and O–H groups in total. The molecular formula is C12H17ClN2O2. The second-order valence-corrected chi connectivity index (χ2v) is 4.42. The Morgan fingerprint density at radius 2 is 2.18 bits per heavy atom. The summed E-state index contributed by atoms with van der Waals surface area (Å²) in [5, 5.41) is 0.523. The summed E-state index contributed by atoms with van der Waals surface area (Å²) in [6.45, 7) is 0. The highest BCUT2D eigenvalue weighted by Crippen LogP contribution is 2.25. The fourth-order valence-corrected chi connectivity index (χ4v) is 1.79. The maximum Gasteiger partial charge on any atom is 0.239 e. The number of methoxy groups -OCH3 is 1. The van der Waals surface area contributed by atoms with Crippen molar-refractivity contribution in [3.05, 3.63) is 28.8 Å². The lowest BCUT2D eigenvalue weighted by Crippen LogP contribution is -2.41. The van der Waals surface area contributed by atoms with Crippen molar-refractivity contribution in [1.29, 1.82) is 0 Å². The number of carbonyl (C=O) groups is 1. The van der Waals surface area contributed by atoms with Crippen LogP contribution in [0.2, 0.25) is 5.02 Å². The number of hydrogen-bond donors (Lipinski definition) is 1. The van der Waals surface area contributed by atoms with Gasteiger partial charge in [0, 0.05) is 14.1 Å². The Bertz CT molecular complexity index is 407. The molecule has 0 fully saturated rings. The van der Waals surface area contributed by atoms with Crippen molar-refractivity contribution in [1.82, 2.24) is 4.90 Å². The summed E-state index contributed by atoms with van der Waals surface area (Å²) in [6, 6.07) is 4.84. The highest BCUT2D eigenvalue weighted by molar-refractivity contribution is 6.32. The van der Waals surface area contributed by atoms with Gasteiger partial charge in [-0.15, -0.1) is 0 Å². The number of amides is 1. The first-order valence-electron chi connectivity index (χ1n) is 5.25. The lowest BCUT2D eigenvalue weighted by atomic mass is 10.1. The van der Waals surface area contributed by atoms with Gasteiger partial charge in [0.1, 0.15) is 5.75 Å². The summed E-state index contributed by atoms with van der Waals surface area (Å²) in [5.41, 5.74) is 6.72. The quantitative estimate of drug-likeness (QED) is 0.884. The van der Waals surface area contributed by atoms with Crippen LogP contribution in [0.25, 0.3) is 0 Å². The zero-order valence-electron chi connectivity index (χ0n) is 10.2. The van der Waals surface area contributed by atoms with Gasteiger partial charge in [-0.3, -0.25) is 4.79 Å². The Morgan fingerprint density at radius 3 is 2.65 bits per heavy atom. The van der Waals surface area contributed by atoms with Crippen molar-refractivity contribution < 1.29 is 9.53 Å². The first-order valence-corrected chi connectivity index (χ1v) is 5.62. The fraction of sp³-hybridized carbons (Fsp3) is 0.417. The molecule has 0 aliphatic rings. The molecule has 0 aromatic heterocycles. The topological polar surface area (TPSA) is 55.6 Å². The molecule has 0 aliphatic carbocycles. The lowest BCUT2D eigenvalue weighted by Gasteiger charge is -2.17. The summed E-state index contributed by atoms with van der Waals surface area (Å²) >= 11 is 5.99. The van der Waals surface area contributed by atoms with Gasteiger partial charge in [-0.2, -0.15) is 0 Å². The molecule has 1 rings (SSSR count). The molecule has 1 unspecified atom stereocenters. The fourth-order valence-electron chi connectivity index (χ4n) is 1.51. The lowest BCUT2D eigenvalue weighted by molar-refractivity contribution is -0.130. The van der Waals surface area contributed by atoms with Crippen molar-refractivity contribution in [2.75, 3.05) is 21.2 Å². The molecule has 0 radical (unpaired) electrons. The number of halogens is 1. The van der Waals surface area contributed by atoms with Crippen molar-refractivity contribution in [3.63, 3.8) is 0 Å². The minimum atomic E-state index is -0.547. The minimum Gasteiger partial charge on any atom is -0.495 e. The second-order valence-electron chi connectivity index (χ2n) is 4.01. The van der Waals surface area contributed by atoms with E-state index in [1.165, 1.54) is 4.90 Å². The number of rotatable bonds is 4. The molecule has 1 aromatic carbocycles. The van der Waals surface area contributed by atoms with Crippen molar-refractivity contribution in [2.24, 2.45) is 5.73 Å². The number of likely N-dealkylation sites (N-methyl/N-ethyl adjacent to an activating group) is 1. The third-order valence-corrected chi connectivity index (χ3v) is 2.73. The first-order chi connectivity index (χ1) is 7.95. The van der Waals surface area contributed by atoms with Gasteiger partial charge in [0.15, 0.2) is 0 Å². The smallest absolute Gasteiger partial charge is 0.239 e. The normalized spacial score (nSPS) is 12.1. The van der Waals surface area contributed by atoms with Crippen LogP contribution in [-0.4, -0.2) is 38.1 Å². The molecule has 1 amide bonds. The van der Waals surface area contributed by atoms with Gasteiger partial charge in [0.05, 0.1) is 18.2 Å². The van der Waals surface area contributed by atoms with Crippen LogP contribution in [0.4, 0.5) is 0 Å². The summed E-state index contributed by atoms with van der Waals surface area (Å²) < 4.78 is 5.05. The van der Waals surface area contributed by atoms with Gasteiger partial charge in [-0.1, -0.05) is 17.7 Å². The van der Waals surface area contributed by atoms with E-state index in [4.69, 9.17) is 22.1 Å². The zero-order chi connectivity index (χ0) is 13.0. The molecule has 4 nitrogen and oxygen atoms in total. The molecule has 5 heteroatoms. The van der Waals surface area contributed by atoms with Crippen molar-refractivity contribution in [2.45, 2.75) is 12.5 Å². The summed E-state index contributed by atoms with van der Waals surface area (Å²) in [7, 11) is 4.93. The molecule has 0 saturated heterocycles. The Kier molecular flexibility index (Phi) is 4.78. The van der Waals surface area contributed by atoms with E-state index in [0.29, 0.717) is 17.2 Å². The van der Waals surface area contributed by atoms with Gasteiger partial charge in [-0.25, -0.2) is 0 Å². The summed E-state index contributed by atoms with van der Waals surface area (Å²) in [5.74, 6) is 0.514. The molecule has 0 aliphatic heterocycles. The molecule has 0 spiro atoms. The van der Waals surface area contributed by atoms with Gasteiger partial charge in [0.25, 0.3) is 0 Å². The number of nitrogens with zero attached hydrogens (tertiary/aromatic N) is 1. The molecule has 1 atom stereocenters. The average Bonchev–Trinajstić information content (AvgIpc) is 2.28. The summed E-state index contributed by atoms with van der Waals surface area (Å²) in [6.07, 6.45) is 0.459. The minimum absolute atomic E-state index is 0.100. The predicted molar refractivity (Wildman–Crippen MR) is 68.4 cm³/mol. The highest BCUT2D eigenvalue weighted by Gasteiger charge is 2.16. The molecule has 1 aromatic rings. The van der Waals surface area contributed by atoms with Gasteiger partial charge in [0.2, 0.25) is 5.91 Å². The number of carbonyl (C=O) groups excluding carboxylic acids is 1. The molecule has 17 heavy (non-hydrogen) atoms. The maximum absolute atomic E-state index is 11.6. The standard InChI is InChI=1S/C12H17ClN2O2/c1-15(2)12(16)10(14)7-8-4-5-11(17-3)9(13)6-8/h4-6,10H,7,14H2,1-3H3. The second kappa shape index (κ2) is 5.89. The van der Waals surface area contributed by atoms with E-state index in [2.05, 4.69) is 0 Å². The van der Waals surface area contributed by atoms with Crippen LogP contribution in [0, 0.1) is 0 Å². The van der Waals surface area contributed by atoms with E-state index in [9.17, 15) is 4.79 Å². The Morgan fingerprint density at radius 1 is 1.53 bits per heavy atom. The van der Waals surface area contributed by atoms with E-state index in [1.807, 2.05) is 6.07 Å². The number of nitrogens with two attached hydrogens (primary N) is 1. The Labute approximate surface area is 106 Å². The molecule has 0 heterocycles. The number of ether oxygens (including phenoxy) is 1. The average molecular weight is 257 g/mol. The third kappa shape index (κ3) is 3.61. The van der Waals surface area contributed by atoms with Crippen molar-refractivity contribution in [3.8, 4) is 5.75 Å². The van der Waals surface area contributed by atoms with Crippen LogP contribution >= 0.6 is 11.6 Å². The Hall–Kier alpha value is -1.26. The molecule has 0 bridgehead atoms. The van der Waals surface area contributed by atoms with Crippen LogP contribution in [0.5, 0.6) is 5.75 Å².